The van der Waals surface area contributed by atoms with E-state index in [4.69, 9.17) is 0 Å². The van der Waals surface area contributed by atoms with Gasteiger partial charge < -0.3 is 4.90 Å². The Balaban J connectivity index is 2.46. The molecule has 0 saturated carbocycles. The second kappa shape index (κ2) is 6.05. The first-order valence-corrected chi connectivity index (χ1v) is 6.01. The lowest BCUT2D eigenvalue weighted by atomic mass is 10.1. The van der Waals surface area contributed by atoms with E-state index in [1.165, 1.54) is 32.1 Å². The Morgan fingerprint density at radius 1 is 1.00 bits per heavy atom. The van der Waals surface area contributed by atoms with Crippen LogP contribution in [0.4, 0.5) is 0 Å². The minimum Gasteiger partial charge on any atom is -0.340 e. The van der Waals surface area contributed by atoms with Gasteiger partial charge in [0.2, 0.25) is 5.91 Å². The lowest BCUT2D eigenvalue weighted by Gasteiger charge is -2.27. The van der Waals surface area contributed by atoms with Crippen LogP contribution in [-0.4, -0.2) is 23.4 Å². The topological polar surface area (TPSA) is 20.3 Å². The number of hydrogen-bond donors (Lipinski definition) is 0. The molecule has 1 amide bonds. The third kappa shape index (κ3) is 3.69. The highest BCUT2D eigenvalue weighted by Crippen LogP contribution is 2.14. The number of nitrogens with zero attached hydrogens (tertiary/aromatic N) is 1. The van der Waals surface area contributed by atoms with Crippen molar-refractivity contribution >= 4 is 5.91 Å². The van der Waals surface area contributed by atoms with Crippen LogP contribution >= 0.6 is 0 Å². The van der Waals surface area contributed by atoms with E-state index in [0.717, 1.165) is 19.4 Å². The highest BCUT2D eigenvalue weighted by Gasteiger charge is 2.16. The molecule has 0 aromatic carbocycles. The molecule has 0 unspecified atom stereocenters. The van der Waals surface area contributed by atoms with Crippen LogP contribution in [0.25, 0.3) is 0 Å². The first-order chi connectivity index (χ1) is 6.72. The smallest absolute Gasteiger partial charge is 0.222 e. The molecule has 0 aromatic rings. The van der Waals surface area contributed by atoms with E-state index in [2.05, 4.69) is 13.8 Å². The average molecular weight is 197 g/mol. The van der Waals surface area contributed by atoms with E-state index in [0.29, 0.717) is 11.9 Å². The van der Waals surface area contributed by atoms with E-state index in [-0.39, 0.29) is 0 Å². The van der Waals surface area contributed by atoms with Gasteiger partial charge in [-0.05, 0) is 26.7 Å². The van der Waals surface area contributed by atoms with Crippen molar-refractivity contribution in [2.45, 2.75) is 64.8 Å². The summed E-state index contributed by atoms with van der Waals surface area (Å²) >= 11 is 0. The molecule has 1 saturated heterocycles. The highest BCUT2D eigenvalue weighted by atomic mass is 16.2. The number of amides is 1. The number of hydrogen-bond acceptors (Lipinski definition) is 1. The first-order valence-electron chi connectivity index (χ1n) is 6.01. The zero-order chi connectivity index (χ0) is 10.4. The molecule has 1 aliphatic heterocycles. The lowest BCUT2D eigenvalue weighted by molar-refractivity contribution is -0.133. The molecule has 0 N–H and O–H groups in total. The Morgan fingerprint density at radius 2 is 1.57 bits per heavy atom. The molecule has 14 heavy (non-hydrogen) atoms. The normalized spacial score (nSPS) is 21.4. The molecule has 0 radical (unpaired) electrons. The van der Waals surface area contributed by atoms with E-state index in [1.54, 1.807) is 0 Å². The van der Waals surface area contributed by atoms with Crippen LogP contribution in [0.15, 0.2) is 0 Å². The van der Waals surface area contributed by atoms with Crippen LogP contribution in [0.5, 0.6) is 0 Å². The van der Waals surface area contributed by atoms with Gasteiger partial charge in [0.15, 0.2) is 0 Å². The van der Waals surface area contributed by atoms with Gasteiger partial charge in [-0.25, -0.2) is 0 Å². The average Bonchev–Trinajstić information content (AvgIpc) is 2.15. The van der Waals surface area contributed by atoms with Crippen LogP contribution in [0, 0.1) is 0 Å². The fourth-order valence-electron chi connectivity index (χ4n) is 2.08. The Morgan fingerprint density at radius 3 is 2.21 bits per heavy atom. The zero-order valence-electron chi connectivity index (χ0n) is 9.59. The minimum atomic E-state index is 0.363. The van der Waals surface area contributed by atoms with Crippen molar-refractivity contribution in [3.8, 4) is 0 Å². The van der Waals surface area contributed by atoms with Crippen molar-refractivity contribution in [3.63, 3.8) is 0 Å². The van der Waals surface area contributed by atoms with Gasteiger partial charge in [-0.15, -0.1) is 0 Å². The summed E-state index contributed by atoms with van der Waals surface area (Å²) in [6.07, 6.45) is 8.22. The lowest BCUT2D eigenvalue weighted by Crippen LogP contribution is -2.37. The summed E-state index contributed by atoms with van der Waals surface area (Å²) in [5.74, 6) is 0.363. The van der Waals surface area contributed by atoms with Gasteiger partial charge in [0, 0.05) is 19.0 Å². The summed E-state index contributed by atoms with van der Waals surface area (Å²) in [7, 11) is 0. The molecule has 2 heteroatoms. The number of rotatable bonds is 1. The summed E-state index contributed by atoms with van der Waals surface area (Å²) in [4.78, 5) is 13.8. The maximum atomic E-state index is 11.8. The molecule has 0 aliphatic carbocycles. The van der Waals surface area contributed by atoms with Crippen molar-refractivity contribution in [2.75, 3.05) is 6.54 Å². The van der Waals surface area contributed by atoms with E-state index >= 15 is 0 Å². The number of carbonyl (C=O) groups excluding carboxylic acids is 1. The van der Waals surface area contributed by atoms with Crippen molar-refractivity contribution < 1.29 is 4.79 Å². The fraction of sp³-hybridized carbons (Fsp3) is 0.917. The Kier molecular flexibility index (Phi) is 4.99. The standard InChI is InChI=1S/C12H23NO/c1-11(2)13-10-8-6-4-3-5-7-9-12(13)14/h11H,3-10H2,1-2H3. The summed E-state index contributed by atoms with van der Waals surface area (Å²) in [5.41, 5.74) is 0. The van der Waals surface area contributed by atoms with Crippen LogP contribution in [-0.2, 0) is 4.79 Å². The van der Waals surface area contributed by atoms with E-state index < -0.39 is 0 Å². The zero-order valence-corrected chi connectivity index (χ0v) is 9.59. The molecule has 1 heterocycles. The Labute approximate surface area is 87.7 Å². The molecule has 0 atom stereocenters. The predicted molar refractivity (Wildman–Crippen MR) is 59.2 cm³/mol. The second-order valence-corrected chi connectivity index (χ2v) is 4.55. The maximum Gasteiger partial charge on any atom is 0.222 e. The highest BCUT2D eigenvalue weighted by molar-refractivity contribution is 5.76. The SMILES string of the molecule is CC(C)N1CCCCCCCCC1=O. The molecule has 0 aromatic heterocycles. The van der Waals surface area contributed by atoms with Crippen LogP contribution in [0.2, 0.25) is 0 Å². The van der Waals surface area contributed by atoms with E-state index in [9.17, 15) is 4.79 Å². The molecule has 1 rings (SSSR count). The molecule has 1 fully saturated rings. The van der Waals surface area contributed by atoms with Gasteiger partial charge in [0.1, 0.15) is 0 Å². The quantitative estimate of drug-likeness (QED) is 0.633. The first kappa shape index (κ1) is 11.5. The van der Waals surface area contributed by atoms with Crippen molar-refractivity contribution in [1.82, 2.24) is 4.90 Å². The summed E-state index contributed by atoms with van der Waals surface area (Å²) in [6.45, 7) is 5.20. The Bertz CT molecular complexity index is 177. The van der Waals surface area contributed by atoms with Crippen molar-refractivity contribution in [3.05, 3.63) is 0 Å². The van der Waals surface area contributed by atoms with Gasteiger partial charge in [-0.3, -0.25) is 4.79 Å². The molecule has 0 bridgehead atoms. The molecule has 82 valence electrons. The summed E-state index contributed by atoms with van der Waals surface area (Å²) in [5, 5.41) is 0. The van der Waals surface area contributed by atoms with Gasteiger partial charge in [0.25, 0.3) is 0 Å². The Hall–Kier alpha value is -0.530. The molecule has 0 spiro atoms. The van der Waals surface area contributed by atoms with Gasteiger partial charge in [0.05, 0.1) is 0 Å². The largest absolute Gasteiger partial charge is 0.340 e. The molecular weight excluding hydrogens is 174 g/mol. The minimum absolute atomic E-state index is 0.363. The molecule has 2 nitrogen and oxygen atoms in total. The third-order valence-corrected chi connectivity index (χ3v) is 2.98. The summed E-state index contributed by atoms with van der Waals surface area (Å²) in [6, 6.07) is 0.377. The second-order valence-electron chi connectivity index (χ2n) is 4.55. The number of carbonyl (C=O) groups is 1. The third-order valence-electron chi connectivity index (χ3n) is 2.98. The van der Waals surface area contributed by atoms with Crippen LogP contribution in [0.1, 0.15) is 58.8 Å². The fourth-order valence-corrected chi connectivity index (χ4v) is 2.08. The van der Waals surface area contributed by atoms with Gasteiger partial charge >= 0.3 is 0 Å². The molecular formula is C12H23NO. The predicted octanol–water partition coefficient (Wildman–Crippen LogP) is 2.97. The van der Waals surface area contributed by atoms with Gasteiger partial charge in [-0.1, -0.05) is 25.7 Å². The van der Waals surface area contributed by atoms with Crippen molar-refractivity contribution in [1.29, 1.82) is 0 Å². The maximum absolute atomic E-state index is 11.8. The monoisotopic (exact) mass is 197 g/mol. The van der Waals surface area contributed by atoms with E-state index in [1.807, 2.05) is 4.90 Å². The van der Waals surface area contributed by atoms with Gasteiger partial charge in [-0.2, -0.15) is 0 Å². The van der Waals surface area contributed by atoms with Crippen LogP contribution in [0.3, 0.4) is 0 Å². The molecule has 1 aliphatic rings. The van der Waals surface area contributed by atoms with Crippen molar-refractivity contribution in [2.24, 2.45) is 0 Å². The summed E-state index contributed by atoms with van der Waals surface area (Å²) < 4.78 is 0. The van der Waals surface area contributed by atoms with Crippen LogP contribution < -0.4 is 0 Å².